The van der Waals surface area contributed by atoms with E-state index in [1.807, 2.05) is 7.11 Å². The molecule has 0 unspecified atom stereocenters. The van der Waals surface area contributed by atoms with Crippen LogP contribution in [0.25, 0.3) is 10.9 Å². The Kier molecular flexibility index (Phi) is 3.71. The van der Waals surface area contributed by atoms with Gasteiger partial charge in [0.05, 0.1) is 6.61 Å². The van der Waals surface area contributed by atoms with E-state index in [-0.39, 0.29) is 0 Å². The fourth-order valence-electron chi connectivity index (χ4n) is 4.80. The van der Waals surface area contributed by atoms with Gasteiger partial charge in [-0.05, 0) is 48.9 Å². The number of ether oxygens (including phenoxy) is 1. The molecule has 118 valence electrons. The molecular weight excluding hydrogens is 272 g/mol. The monoisotopic (exact) mass is 298 g/mol. The lowest BCUT2D eigenvalue weighted by Crippen LogP contribution is -2.50. The summed E-state index contributed by atoms with van der Waals surface area (Å²) in [4.78, 5) is 6.20. The first-order valence-corrected chi connectivity index (χ1v) is 8.63. The Morgan fingerprint density at radius 3 is 3.09 bits per heavy atom. The summed E-state index contributed by atoms with van der Waals surface area (Å²) in [5.41, 5.74) is 4.38. The molecule has 0 amide bonds. The maximum Gasteiger partial charge on any atom is 0.0502 e. The van der Waals surface area contributed by atoms with E-state index in [2.05, 4.69) is 41.2 Å². The molecule has 1 N–H and O–H groups in total. The molecule has 2 aliphatic rings. The van der Waals surface area contributed by atoms with Gasteiger partial charge in [0.1, 0.15) is 0 Å². The van der Waals surface area contributed by atoms with Crippen LogP contribution >= 0.6 is 0 Å². The van der Waals surface area contributed by atoms with Crippen molar-refractivity contribution in [3.63, 3.8) is 0 Å². The molecule has 0 bridgehead atoms. The Hall–Kier alpha value is -1.32. The Balaban J connectivity index is 1.75. The molecule has 1 aliphatic carbocycles. The average molecular weight is 298 g/mol. The first-order chi connectivity index (χ1) is 10.8. The minimum atomic E-state index is 0.660. The largest absolute Gasteiger partial charge is 0.384 e. The molecule has 3 nitrogen and oxygen atoms in total. The minimum absolute atomic E-state index is 0.660. The van der Waals surface area contributed by atoms with Crippen LogP contribution in [-0.4, -0.2) is 42.7 Å². The second-order valence-corrected chi connectivity index (χ2v) is 7.01. The van der Waals surface area contributed by atoms with Crippen molar-refractivity contribution in [2.45, 2.75) is 38.1 Å². The zero-order valence-corrected chi connectivity index (χ0v) is 13.6. The Morgan fingerprint density at radius 2 is 2.27 bits per heavy atom. The molecule has 2 aromatic rings. The molecule has 3 atom stereocenters. The summed E-state index contributed by atoms with van der Waals surface area (Å²) in [6.45, 7) is 5.58. The molecule has 1 aromatic heterocycles. The number of aromatic nitrogens is 1. The highest BCUT2D eigenvalue weighted by atomic mass is 16.5. The normalized spacial score (nSPS) is 28.0. The van der Waals surface area contributed by atoms with Gasteiger partial charge < -0.3 is 9.72 Å². The SMILES string of the molecule is CCCN1C[C@H](COC)C[C@@H]2c3cccc4[nH]cc(c34)C[C@H]21. The van der Waals surface area contributed by atoms with Gasteiger partial charge in [0.15, 0.2) is 0 Å². The Labute approximate surface area is 132 Å². The second kappa shape index (κ2) is 5.71. The highest BCUT2D eigenvalue weighted by molar-refractivity contribution is 5.88. The van der Waals surface area contributed by atoms with Crippen molar-refractivity contribution in [3.8, 4) is 0 Å². The summed E-state index contributed by atoms with van der Waals surface area (Å²) < 4.78 is 5.48. The predicted molar refractivity (Wildman–Crippen MR) is 90.4 cm³/mol. The smallest absolute Gasteiger partial charge is 0.0502 e. The number of piperidine rings is 1. The van der Waals surface area contributed by atoms with E-state index < -0.39 is 0 Å². The van der Waals surface area contributed by atoms with Crippen molar-refractivity contribution in [3.05, 3.63) is 35.5 Å². The summed E-state index contributed by atoms with van der Waals surface area (Å²) in [6.07, 6.45) is 5.92. The summed E-state index contributed by atoms with van der Waals surface area (Å²) in [5, 5.41) is 1.50. The van der Waals surface area contributed by atoms with Crippen LogP contribution in [0.1, 0.15) is 36.8 Å². The number of likely N-dealkylation sites (tertiary alicyclic amines) is 1. The first-order valence-electron chi connectivity index (χ1n) is 8.63. The van der Waals surface area contributed by atoms with Gasteiger partial charge in [-0.2, -0.15) is 0 Å². The molecule has 1 fully saturated rings. The van der Waals surface area contributed by atoms with Gasteiger partial charge in [0, 0.05) is 42.7 Å². The molecule has 3 heteroatoms. The minimum Gasteiger partial charge on any atom is -0.384 e. The van der Waals surface area contributed by atoms with Gasteiger partial charge in [0.2, 0.25) is 0 Å². The van der Waals surface area contributed by atoms with Gasteiger partial charge in [-0.1, -0.05) is 19.1 Å². The van der Waals surface area contributed by atoms with Gasteiger partial charge in [-0.15, -0.1) is 0 Å². The molecule has 1 aromatic carbocycles. The molecule has 0 spiro atoms. The lowest BCUT2D eigenvalue weighted by atomic mass is 9.72. The van der Waals surface area contributed by atoms with Gasteiger partial charge in [-0.3, -0.25) is 4.90 Å². The van der Waals surface area contributed by atoms with E-state index in [9.17, 15) is 0 Å². The molecule has 1 saturated heterocycles. The lowest BCUT2D eigenvalue weighted by Gasteiger charge is -2.47. The number of rotatable bonds is 4. The fraction of sp³-hybridized carbons (Fsp3) is 0.579. The van der Waals surface area contributed by atoms with E-state index in [1.54, 1.807) is 5.56 Å². The summed E-state index contributed by atoms with van der Waals surface area (Å²) in [5.74, 6) is 1.32. The topological polar surface area (TPSA) is 28.3 Å². The van der Waals surface area contributed by atoms with E-state index in [4.69, 9.17) is 4.74 Å². The summed E-state index contributed by atoms with van der Waals surface area (Å²) >= 11 is 0. The third-order valence-electron chi connectivity index (χ3n) is 5.57. The van der Waals surface area contributed by atoms with Crippen LogP contribution in [0.4, 0.5) is 0 Å². The summed E-state index contributed by atoms with van der Waals surface area (Å²) in [6, 6.07) is 7.45. The number of benzene rings is 1. The average Bonchev–Trinajstić information content (AvgIpc) is 2.94. The van der Waals surface area contributed by atoms with E-state index in [1.165, 1.54) is 48.8 Å². The van der Waals surface area contributed by atoms with Crippen molar-refractivity contribution >= 4 is 10.9 Å². The van der Waals surface area contributed by atoms with Crippen molar-refractivity contribution in [1.82, 2.24) is 9.88 Å². The van der Waals surface area contributed by atoms with Crippen LogP contribution in [-0.2, 0) is 11.2 Å². The Bertz CT molecular complexity index is 662. The van der Waals surface area contributed by atoms with E-state index in [0.717, 1.165) is 6.61 Å². The van der Waals surface area contributed by atoms with Crippen LogP contribution in [0.15, 0.2) is 24.4 Å². The van der Waals surface area contributed by atoms with Crippen LogP contribution in [0, 0.1) is 5.92 Å². The van der Waals surface area contributed by atoms with E-state index in [0.29, 0.717) is 17.9 Å². The van der Waals surface area contributed by atoms with Gasteiger partial charge in [0.25, 0.3) is 0 Å². The van der Waals surface area contributed by atoms with Crippen molar-refractivity contribution < 1.29 is 4.74 Å². The zero-order chi connectivity index (χ0) is 15.1. The number of nitrogens with zero attached hydrogens (tertiary/aromatic N) is 1. The Morgan fingerprint density at radius 1 is 1.36 bits per heavy atom. The molecule has 4 rings (SSSR count). The third kappa shape index (κ3) is 2.19. The van der Waals surface area contributed by atoms with E-state index >= 15 is 0 Å². The number of hydrogen-bond donors (Lipinski definition) is 1. The molecular formula is C19H26N2O. The van der Waals surface area contributed by atoms with Crippen molar-refractivity contribution in [2.24, 2.45) is 5.92 Å². The predicted octanol–water partition coefficient (Wildman–Crippen LogP) is 3.55. The lowest BCUT2D eigenvalue weighted by molar-refractivity contribution is 0.0428. The molecule has 22 heavy (non-hydrogen) atoms. The molecule has 1 aliphatic heterocycles. The molecule has 0 radical (unpaired) electrons. The maximum atomic E-state index is 5.48. The second-order valence-electron chi connectivity index (χ2n) is 7.01. The standard InChI is InChI=1S/C19H26N2O/c1-3-7-21-11-13(12-22-2)8-16-15-5-4-6-17-19(15)14(10-20-17)9-18(16)21/h4-6,10,13,16,18,20H,3,7-9,11-12H2,1-2H3/t13-,16-,18-/m1/s1. The fourth-order valence-corrected chi connectivity index (χ4v) is 4.80. The first kappa shape index (κ1) is 14.3. The molecule has 2 heterocycles. The number of methoxy groups -OCH3 is 1. The van der Waals surface area contributed by atoms with Gasteiger partial charge in [-0.25, -0.2) is 0 Å². The van der Waals surface area contributed by atoms with Crippen LogP contribution in [0.3, 0.4) is 0 Å². The number of fused-ring (bicyclic) bond motifs is 2. The van der Waals surface area contributed by atoms with Crippen molar-refractivity contribution in [2.75, 3.05) is 26.8 Å². The summed E-state index contributed by atoms with van der Waals surface area (Å²) in [7, 11) is 1.84. The van der Waals surface area contributed by atoms with Crippen LogP contribution in [0.5, 0.6) is 0 Å². The highest BCUT2D eigenvalue weighted by Gasteiger charge is 2.40. The van der Waals surface area contributed by atoms with Crippen molar-refractivity contribution in [1.29, 1.82) is 0 Å². The number of hydrogen-bond acceptors (Lipinski definition) is 2. The number of H-pyrrole nitrogens is 1. The molecule has 0 saturated carbocycles. The number of nitrogens with one attached hydrogen (secondary N) is 1. The van der Waals surface area contributed by atoms with Crippen LogP contribution in [0.2, 0.25) is 0 Å². The van der Waals surface area contributed by atoms with Crippen LogP contribution < -0.4 is 0 Å². The van der Waals surface area contributed by atoms with Gasteiger partial charge >= 0.3 is 0 Å². The zero-order valence-electron chi connectivity index (χ0n) is 13.6. The quantitative estimate of drug-likeness (QED) is 0.935. The third-order valence-corrected chi connectivity index (χ3v) is 5.57. The number of aromatic amines is 1. The maximum absolute atomic E-state index is 5.48. The highest BCUT2D eigenvalue weighted by Crippen LogP contribution is 2.44.